The van der Waals surface area contributed by atoms with Gasteiger partial charge in [-0.3, -0.25) is 14.4 Å². The molecule has 1 fully saturated rings. The first-order chi connectivity index (χ1) is 13.6. The number of allylic oxidation sites excluding steroid dienone is 1. The Morgan fingerprint density at radius 3 is 2.45 bits per heavy atom. The van der Waals surface area contributed by atoms with Gasteiger partial charge in [0, 0.05) is 5.57 Å². The molecule has 1 aromatic rings. The Balaban J connectivity index is 1.97. The molecule has 0 bridgehead atoms. The maximum absolute atomic E-state index is 13.2. The van der Waals surface area contributed by atoms with E-state index in [-0.39, 0.29) is 29.7 Å². The normalized spacial score (nSPS) is 30.2. The van der Waals surface area contributed by atoms with E-state index >= 15 is 0 Å². The molecular weight excluding hydrogens is 384 g/mol. The van der Waals surface area contributed by atoms with Crippen molar-refractivity contribution in [3.8, 4) is 5.75 Å². The Morgan fingerprint density at radius 1 is 1.14 bits per heavy atom. The highest BCUT2D eigenvalue weighted by atomic mass is 16.4. The molecular formula is C19H16N2O8. The van der Waals surface area contributed by atoms with Crippen molar-refractivity contribution in [3.63, 3.8) is 0 Å². The zero-order valence-corrected chi connectivity index (χ0v) is 14.8. The molecule has 0 saturated heterocycles. The average molecular weight is 400 g/mol. The van der Waals surface area contributed by atoms with Crippen LogP contribution in [-0.4, -0.2) is 54.4 Å². The third-order valence-electron chi connectivity index (χ3n) is 5.85. The second kappa shape index (κ2) is 5.92. The molecule has 29 heavy (non-hydrogen) atoms. The number of Topliss-reactive ketones (excluding diaryl/α,β-unsaturated/α-hetero) is 2. The number of aliphatic hydroxyl groups excluding tert-OH is 2. The van der Waals surface area contributed by atoms with E-state index < -0.39 is 57.7 Å². The van der Waals surface area contributed by atoms with Crippen molar-refractivity contribution in [2.75, 3.05) is 0 Å². The number of nitrogens with two attached hydrogens (primary N) is 1. The van der Waals surface area contributed by atoms with E-state index in [1.807, 2.05) is 0 Å². The first-order valence-electron chi connectivity index (χ1n) is 8.66. The van der Waals surface area contributed by atoms with Crippen molar-refractivity contribution in [1.82, 2.24) is 0 Å². The smallest absolute Gasteiger partial charge is 0.256 e. The van der Waals surface area contributed by atoms with E-state index in [9.17, 15) is 40.0 Å². The van der Waals surface area contributed by atoms with Crippen LogP contribution >= 0.6 is 0 Å². The summed E-state index contributed by atoms with van der Waals surface area (Å²) >= 11 is 0. The summed E-state index contributed by atoms with van der Waals surface area (Å²) in [5.41, 5.74) is 0.787. The molecule has 3 aliphatic carbocycles. The van der Waals surface area contributed by atoms with Gasteiger partial charge in [0.25, 0.3) is 5.91 Å². The summed E-state index contributed by atoms with van der Waals surface area (Å²) in [6.45, 7) is 0. The summed E-state index contributed by atoms with van der Waals surface area (Å²) in [7, 11) is 0. The molecule has 3 aliphatic rings. The number of phenols is 1. The molecule has 0 aliphatic heterocycles. The second-order valence-corrected chi connectivity index (χ2v) is 7.26. The van der Waals surface area contributed by atoms with Crippen molar-refractivity contribution in [1.29, 1.82) is 0 Å². The first kappa shape index (κ1) is 18.7. The van der Waals surface area contributed by atoms with Gasteiger partial charge in [0.2, 0.25) is 11.6 Å². The minimum Gasteiger partial charge on any atom is -0.507 e. The number of amides is 1. The number of oxime groups is 1. The molecule has 7 N–H and O–H groups in total. The number of hydrogen-bond donors (Lipinski definition) is 6. The van der Waals surface area contributed by atoms with Gasteiger partial charge in [0.05, 0.1) is 11.5 Å². The largest absolute Gasteiger partial charge is 0.507 e. The number of aromatic hydroxyl groups is 1. The predicted molar refractivity (Wildman–Crippen MR) is 96.0 cm³/mol. The van der Waals surface area contributed by atoms with Gasteiger partial charge in [-0.25, -0.2) is 0 Å². The van der Waals surface area contributed by atoms with E-state index in [4.69, 9.17) is 5.73 Å². The number of hydrogen-bond acceptors (Lipinski definition) is 9. The standard InChI is InChI=1S/C19H16N2O8/c20-18(27)12-15(24)13(21-29)8-5-7-4-6-2-1-3-9(22)10(6)14(23)11(7)16(25)19(8,28)17(12)26/h1-3,7-8,22-24,28-29H,4-5H2,(H2,20,27)/b21-13-/t7-,8?,19-/m0/s1. The number of benzene rings is 1. The van der Waals surface area contributed by atoms with Crippen LogP contribution in [0.3, 0.4) is 0 Å². The number of phenolic OH excluding ortho intramolecular Hbond substituents is 1. The van der Waals surface area contributed by atoms with Gasteiger partial charge in [-0.05, 0) is 30.4 Å². The van der Waals surface area contributed by atoms with Crippen LogP contribution in [0.2, 0.25) is 0 Å². The second-order valence-electron chi connectivity index (χ2n) is 7.26. The van der Waals surface area contributed by atoms with Crippen molar-refractivity contribution >= 4 is 28.9 Å². The number of fused-ring (bicyclic) bond motifs is 3. The van der Waals surface area contributed by atoms with Gasteiger partial charge in [0.1, 0.15) is 22.8 Å². The molecule has 0 spiro atoms. The first-order valence-corrected chi connectivity index (χ1v) is 8.66. The number of nitrogens with zero attached hydrogens (tertiary/aromatic N) is 1. The highest BCUT2D eigenvalue weighted by molar-refractivity contribution is 6.38. The van der Waals surface area contributed by atoms with Crippen LogP contribution in [0.1, 0.15) is 17.5 Å². The predicted octanol–water partition coefficient (Wildman–Crippen LogP) is -0.136. The Labute approximate surface area is 162 Å². The number of carbonyl (C=O) groups is 3. The molecule has 150 valence electrons. The van der Waals surface area contributed by atoms with Crippen LogP contribution in [0.25, 0.3) is 5.76 Å². The molecule has 1 amide bonds. The summed E-state index contributed by atoms with van der Waals surface area (Å²) in [6, 6.07) is 4.52. The zero-order valence-electron chi connectivity index (χ0n) is 14.8. The molecule has 4 rings (SSSR count). The number of carbonyl (C=O) groups excluding carboxylic acids is 3. The van der Waals surface area contributed by atoms with Gasteiger partial charge in [-0.1, -0.05) is 17.3 Å². The van der Waals surface area contributed by atoms with Crippen molar-refractivity contribution in [3.05, 3.63) is 46.2 Å². The molecule has 1 saturated carbocycles. The lowest BCUT2D eigenvalue weighted by atomic mass is 9.58. The SMILES string of the molecule is NC(=O)C1=C(O)/C(=N\O)C2C[C@@H]3Cc4cccc(O)c4C(O)=C3C(=O)[C@]2(O)C1=O. The molecule has 10 heteroatoms. The average Bonchev–Trinajstić information content (AvgIpc) is 2.65. The van der Waals surface area contributed by atoms with Gasteiger partial charge in [-0.2, -0.15) is 0 Å². The fraction of sp³-hybridized carbons (Fsp3) is 0.263. The van der Waals surface area contributed by atoms with Crippen LogP contribution in [-0.2, 0) is 20.8 Å². The van der Waals surface area contributed by atoms with E-state index in [0.29, 0.717) is 5.56 Å². The van der Waals surface area contributed by atoms with Crippen LogP contribution in [0, 0.1) is 11.8 Å². The number of ketones is 2. The summed E-state index contributed by atoms with van der Waals surface area (Å²) < 4.78 is 0. The molecule has 0 heterocycles. The topological polar surface area (TPSA) is 191 Å². The van der Waals surface area contributed by atoms with Crippen molar-refractivity contribution in [2.24, 2.45) is 22.7 Å². The Morgan fingerprint density at radius 2 is 1.83 bits per heavy atom. The summed E-state index contributed by atoms with van der Waals surface area (Å²) in [4.78, 5) is 37.7. The quantitative estimate of drug-likeness (QED) is 0.162. The fourth-order valence-corrected chi connectivity index (χ4v) is 4.55. The van der Waals surface area contributed by atoms with E-state index in [1.54, 1.807) is 12.1 Å². The van der Waals surface area contributed by atoms with Gasteiger partial charge < -0.3 is 31.4 Å². The third-order valence-corrected chi connectivity index (χ3v) is 5.85. The van der Waals surface area contributed by atoms with E-state index in [2.05, 4.69) is 5.16 Å². The lowest BCUT2D eigenvalue weighted by Crippen LogP contribution is -2.64. The highest BCUT2D eigenvalue weighted by Crippen LogP contribution is 2.50. The lowest BCUT2D eigenvalue weighted by molar-refractivity contribution is -0.153. The molecule has 1 aromatic carbocycles. The Hall–Kier alpha value is -3.66. The molecule has 3 atom stereocenters. The van der Waals surface area contributed by atoms with Crippen molar-refractivity contribution in [2.45, 2.75) is 18.4 Å². The summed E-state index contributed by atoms with van der Waals surface area (Å²) in [5, 5.41) is 54.3. The minimum atomic E-state index is -2.90. The molecule has 1 unspecified atom stereocenters. The summed E-state index contributed by atoms with van der Waals surface area (Å²) in [6.07, 6.45) is 0.0272. The molecule has 0 radical (unpaired) electrons. The monoisotopic (exact) mass is 400 g/mol. The van der Waals surface area contributed by atoms with Crippen molar-refractivity contribution < 1.29 is 40.0 Å². The maximum atomic E-state index is 13.2. The Bertz CT molecular complexity index is 1100. The highest BCUT2D eigenvalue weighted by Gasteiger charge is 2.64. The van der Waals surface area contributed by atoms with E-state index in [0.717, 1.165) is 0 Å². The molecule has 0 aromatic heterocycles. The summed E-state index contributed by atoms with van der Waals surface area (Å²) in [5.74, 6) is -8.09. The van der Waals surface area contributed by atoms with Gasteiger partial charge >= 0.3 is 0 Å². The number of aliphatic hydroxyl groups is 3. The maximum Gasteiger partial charge on any atom is 0.256 e. The van der Waals surface area contributed by atoms with Gasteiger partial charge in [-0.15, -0.1) is 0 Å². The van der Waals surface area contributed by atoms with Crippen LogP contribution in [0.5, 0.6) is 5.75 Å². The fourth-order valence-electron chi connectivity index (χ4n) is 4.55. The number of rotatable bonds is 1. The third kappa shape index (κ3) is 2.20. The van der Waals surface area contributed by atoms with Crippen LogP contribution in [0.4, 0.5) is 0 Å². The lowest BCUT2D eigenvalue weighted by Gasteiger charge is -2.45. The van der Waals surface area contributed by atoms with Gasteiger partial charge in [0.15, 0.2) is 11.4 Å². The minimum absolute atomic E-state index is 0.0157. The van der Waals surface area contributed by atoms with Crippen LogP contribution in [0.15, 0.2) is 40.3 Å². The number of primary amides is 1. The van der Waals surface area contributed by atoms with E-state index in [1.165, 1.54) is 6.07 Å². The Kier molecular flexibility index (Phi) is 3.81. The van der Waals surface area contributed by atoms with Crippen LogP contribution < -0.4 is 5.73 Å². The molecule has 10 nitrogen and oxygen atoms in total. The zero-order chi connectivity index (χ0) is 21.2.